The van der Waals surface area contributed by atoms with Crippen LogP contribution in [0.25, 0.3) is 0 Å². The van der Waals surface area contributed by atoms with Crippen LogP contribution in [0.5, 0.6) is 5.75 Å². The standard InChI is InChI=1S/C14H13O/c1-12-7-5-6-10-14(12)15-11-13-8-3-2-4-9-13/h2-5,7-10H,11H2,1H3. The molecular weight excluding hydrogens is 184 g/mol. The van der Waals surface area contributed by atoms with Crippen molar-refractivity contribution in [1.29, 1.82) is 0 Å². The molecule has 2 rings (SSSR count). The summed E-state index contributed by atoms with van der Waals surface area (Å²) in [6.07, 6.45) is 0. The molecule has 75 valence electrons. The van der Waals surface area contributed by atoms with E-state index in [4.69, 9.17) is 4.74 Å². The summed E-state index contributed by atoms with van der Waals surface area (Å²) < 4.78 is 5.69. The minimum atomic E-state index is 0.611. The van der Waals surface area contributed by atoms with Crippen LogP contribution in [0, 0.1) is 13.0 Å². The van der Waals surface area contributed by atoms with E-state index < -0.39 is 0 Å². The maximum atomic E-state index is 5.69. The maximum Gasteiger partial charge on any atom is 0.123 e. The molecule has 1 nitrogen and oxygen atoms in total. The smallest absolute Gasteiger partial charge is 0.123 e. The molecule has 0 aliphatic heterocycles. The molecule has 0 heterocycles. The van der Waals surface area contributed by atoms with Crippen molar-refractivity contribution < 1.29 is 4.74 Å². The molecule has 0 aliphatic rings. The molecule has 0 fully saturated rings. The van der Waals surface area contributed by atoms with Gasteiger partial charge in [-0.25, -0.2) is 0 Å². The second kappa shape index (κ2) is 4.65. The van der Waals surface area contributed by atoms with Crippen molar-refractivity contribution in [2.75, 3.05) is 0 Å². The van der Waals surface area contributed by atoms with Gasteiger partial charge in [0.2, 0.25) is 0 Å². The third-order valence-corrected chi connectivity index (χ3v) is 2.27. The van der Waals surface area contributed by atoms with Gasteiger partial charge in [-0.1, -0.05) is 42.5 Å². The van der Waals surface area contributed by atoms with E-state index in [0.717, 1.165) is 11.3 Å². The van der Waals surface area contributed by atoms with Crippen LogP contribution in [-0.4, -0.2) is 0 Å². The third-order valence-electron chi connectivity index (χ3n) is 2.27. The van der Waals surface area contributed by atoms with Gasteiger partial charge in [0, 0.05) is 0 Å². The summed E-state index contributed by atoms with van der Waals surface area (Å²) in [6, 6.07) is 18.9. The van der Waals surface area contributed by atoms with Gasteiger partial charge in [-0.05, 0) is 30.2 Å². The molecule has 0 saturated heterocycles. The third kappa shape index (κ3) is 2.59. The molecule has 1 heteroatoms. The first-order valence-electron chi connectivity index (χ1n) is 5.00. The summed E-state index contributed by atoms with van der Waals surface area (Å²) >= 11 is 0. The SMILES string of the molecule is Cc1cc[c]cc1OCc1ccccc1. The molecule has 0 saturated carbocycles. The predicted octanol–water partition coefficient (Wildman–Crippen LogP) is 3.37. The molecule has 0 aromatic heterocycles. The average Bonchev–Trinajstić information content (AvgIpc) is 2.29. The molecule has 0 amide bonds. The Morgan fingerprint density at radius 3 is 2.67 bits per heavy atom. The number of aryl methyl sites for hydroxylation is 1. The fourth-order valence-corrected chi connectivity index (χ4v) is 1.38. The highest BCUT2D eigenvalue weighted by Crippen LogP contribution is 2.17. The lowest BCUT2D eigenvalue weighted by Crippen LogP contribution is -1.96. The highest BCUT2D eigenvalue weighted by molar-refractivity contribution is 5.31. The Bertz CT molecular complexity index is 420. The topological polar surface area (TPSA) is 9.23 Å². The number of hydrogen-bond acceptors (Lipinski definition) is 1. The van der Waals surface area contributed by atoms with Crippen LogP contribution >= 0.6 is 0 Å². The second-order valence-electron chi connectivity index (χ2n) is 3.47. The Kier molecular flexibility index (Phi) is 3.03. The lowest BCUT2D eigenvalue weighted by molar-refractivity contribution is 0.304. The van der Waals surface area contributed by atoms with Crippen molar-refractivity contribution in [3.8, 4) is 5.75 Å². The van der Waals surface area contributed by atoms with E-state index in [1.165, 1.54) is 5.56 Å². The first-order chi connectivity index (χ1) is 7.36. The molecule has 0 aliphatic carbocycles. The zero-order valence-corrected chi connectivity index (χ0v) is 8.73. The van der Waals surface area contributed by atoms with E-state index in [1.807, 2.05) is 43.3 Å². The Hall–Kier alpha value is -1.76. The summed E-state index contributed by atoms with van der Waals surface area (Å²) in [4.78, 5) is 0. The van der Waals surface area contributed by atoms with Crippen LogP contribution in [0.1, 0.15) is 11.1 Å². The fraction of sp³-hybridized carbons (Fsp3) is 0.143. The van der Waals surface area contributed by atoms with Crippen molar-refractivity contribution >= 4 is 0 Å². The van der Waals surface area contributed by atoms with Gasteiger partial charge in [0.1, 0.15) is 12.4 Å². The number of rotatable bonds is 3. The molecule has 2 aromatic carbocycles. The van der Waals surface area contributed by atoms with Gasteiger partial charge >= 0.3 is 0 Å². The second-order valence-corrected chi connectivity index (χ2v) is 3.47. The van der Waals surface area contributed by atoms with E-state index in [0.29, 0.717) is 6.61 Å². The zero-order chi connectivity index (χ0) is 10.5. The highest BCUT2D eigenvalue weighted by atomic mass is 16.5. The molecule has 0 N–H and O–H groups in total. The Morgan fingerprint density at radius 1 is 1.13 bits per heavy atom. The Labute approximate surface area is 90.3 Å². The molecule has 2 aromatic rings. The van der Waals surface area contributed by atoms with Gasteiger partial charge in [0.25, 0.3) is 0 Å². The molecule has 1 radical (unpaired) electrons. The largest absolute Gasteiger partial charge is 0.489 e. The average molecular weight is 197 g/mol. The lowest BCUT2D eigenvalue weighted by atomic mass is 10.2. The van der Waals surface area contributed by atoms with Crippen molar-refractivity contribution in [2.24, 2.45) is 0 Å². The Morgan fingerprint density at radius 2 is 1.93 bits per heavy atom. The lowest BCUT2D eigenvalue weighted by Gasteiger charge is -2.08. The van der Waals surface area contributed by atoms with E-state index in [-0.39, 0.29) is 0 Å². The van der Waals surface area contributed by atoms with Gasteiger partial charge in [-0.3, -0.25) is 0 Å². The first kappa shape index (κ1) is 9.78. The van der Waals surface area contributed by atoms with Crippen molar-refractivity contribution in [1.82, 2.24) is 0 Å². The minimum Gasteiger partial charge on any atom is -0.489 e. The first-order valence-corrected chi connectivity index (χ1v) is 5.00. The summed E-state index contributed by atoms with van der Waals surface area (Å²) in [5.74, 6) is 0.904. The number of benzene rings is 2. The normalized spacial score (nSPS) is 9.93. The highest BCUT2D eigenvalue weighted by Gasteiger charge is 1.97. The molecule has 15 heavy (non-hydrogen) atoms. The minimum absolute atomic E-state index is 0.611. The molecular formula is C14H13O. The summed E-state index contributed by atoms with van der Waals surface area (Å²) in [6.45, 7) is 2.65. The van der Waals surface area contributed by atoms with Crippen molar-refractivity contribution in [3.05, 3.63) is 65.7 Å². The van der Waals surface area contributed by atoms with Gasteiger partial charge < -0.3 is 4.74 Å². The van der Waals surface area contributed by atoms with E-state index in [2.05, 4.69) is 18.2 Å². The molecule has 0 atom stereocenters. The monoisotopic (exact) mass is 197 g/mol. The van der Waals surface area contributed by atoms with Gasteiger partial charge in [-0.15, -0.1) is 0 Å². The van der Waals surface area contributed by atoms with Crippen LogP contribution in [0.15, 0.2) is 48.5 Å². The molecule has 0 bridgehead atoms. The predicted molar refractivity (Wildman–Crippen MR) is 60.8 cm³/mol. The Balaban J connectivity index is 2.03. The summed E-state index contributed by atoms with van der Waals surface area (Å²) in [5, 5.41) is 0. The summed E-state index contributed by atoms with van der Waals surface area (Å²) in [7, 11) is 0. The molecule has 0 unspecified atom stereocenters. The van der Waals surface area contributed by atoms with Crippen molar-refractivity contribution in [3.63, 3.8) is 0 Å². The van der Waals surface area contributed by atoms with Crippen LogP contribution in [-0.2, 0) is 6.61 Å². The van der Waals surface area contributed by atoms with Crippen molar-refractivity contribution in [2.45, 2.75) is 13.5 Å². The van der Waals surface area contributed by atoms with Gasteiger partial charge in [0.15, 0.2) is 0 Å². The van der Waals surface area contributed by atoms with Crippen LogP contribution in [0.2, 0.25) is 0 Å². The van der Waals surface area contributed by atoms with Gasteiger partial charge in [-0.2, -0.15) is 0 Å². The maximum absolute atomic E-state index is 5.69. The van der Waals surface area contributed by atoms with Gasteiger partial charge in [0.05, 0.1) is 0 Å². The van der Waals surface area contributed by atoms with E-state index in [1.54, 1.807) is 0 Å². The van der Waals surface area contributed by atoms with Crippen LogP contribution < -0.4 is 4.74 Å². The molecule has 0 spiro atoms. The van der Waals surface area contributed by atoms with E-state index in [9.17, 15) is 0 Å². The van der Waals surface area contributed by atoms with Crippen LogP contribution in [0.3, 0.4) is 0 Å². The number of hydrogen-bond donors (Lipinski definition) is 0. The van der Waals surface area contributed by atoms with E-state index >= 15 is 0 Å². The zero-order valence-electron chi connectivity index (χ0n) is 8.73. The summed E-state index contributed by atoms with van der Waals surface area (Å²) in [5.41, 5.74) is 2.32. The van der Waals surface area contributed by atoms with Crippen LogP contribution in [0.4, 0.5) is 0 Å². The fourth-order valence-electron chi connectivity index (χ4n) is 1.38. The quantitative estimate of drug-likeness (QED) is 0.733. The number of ether oxygens (including phenoxy) is 1.